The summed E-state index contributed by atoms with van der Waals surface area (Å²) in [6.45, 7) is 0. The van der Waals surface area contributed by atoms with Gasteiger partial charge in [-0.1, -0.05) is 29.3 Å². The summed E-state index contributed by atoms with van der Waals surface area (Å²) in [7, 11) is 0. The quantitative estimate of drug-likeness (QED) is 0.672. The molecule has 2 aromatic heterocycles. The standard InChI is InChI=1S/C14H6Cl2FN3/c15-10-3-1-8(5-11(10)16)14-12(6-18)20-7-9(17)2-4-13(20)19-14/h1-5,7H. The zero-order chi connectivity index (χ0) is 14.3. The number of nitrogens with zero attached hydrogens (tertiary/aromatic N) is 3. The van der Waals surface area contributed by atoms with Crippen molar-refractivity contribution in [3.8, 4) is 17.3 Å². The van der Waals surface area contributed by atoms with Crippen molar-refractivity contribution in [1.29, 1.82) is 5.26 Å². The minimum atomic E-state index is -0.438. The van der Waals surface area contributed by atoms with Crippen LogP contribution in [0.5, 0.6) is 0 Å². The minimum absolute atomic E-state index is 0.248. The van der Waals surface area contributed by atoms with Crippen LogP contribution in [0.3, 0.4) is 0 Å². The number of imidazole rings is 1. The Balaban J connectivity index is 2.31. The number of halogens is 3. The van der Waals surface area contributed by atoms with Gasteiger partial charge in [-0.15, -0.1) is 0 Å². The first-order valence-corrected chi connectivity index (χ1v) is 6.39. The van der Waals surface area contributed by atoms with Crippen molar-refractivity contribution in [2.45, 2.75) is 0 Å². The molecule has 6 heteroatoms. The molecule has 0 saturated heterocycles. The van der Waals surface area contributed by atoms with Crippen LogP contribution in [-0.2, 0) is 0 Å². The highest BCUT2D eigenvalue weighted by Crippen LogP contribution is 2.30. The van der Waals surface area contributed by atoms with Crippen LogP contribution >= 0.6 is 23.2 Å². The van der Waals surface area contributed by atoms with Crippen LogP contribution in [0.1, 0.15) is 5.69 Å². The first-order valence-electron chi connectivity index (χ1n) is 5.63. The van der Waals surface area contributed by atoms with Gasteiger partial charge >= 0.3 is 0 Å². The normalized spacial score (nSPS) is 10.7. The van der Waals surface area contributed by atoms with E-state index in [0.29, 0.717) is 26.9 Å². The van der Waals surface area contributed by atoms with E-state index in [-0.39, 0.29) is 5.69 Å². The molecule has 1 aromatic carbocycles. The van der Waals surface area contributed by atoms with Crippen molar-refractivity contribution in [2.75, 3.05) is 0 Å². The summed E-state index contributed by atoms with van der Waals surface area (Å²) in [4.78, 5) is 4.34. The van der Waals surface area contributed by atoms with E-state index < -0.39 is 5.82 Å². The molecular weight excluding hydrogens is 300 g/mol. The van der Waals surface area contributed by atoms with Crippen LogP contribution in [0, 0.1) is 17.1 Å². The lowest BCUT2D eigenvalue weighted by Crippen LogP contribution is -1.90. The van der Waals surface area contributed by atoms with Gasteiger partial charge in [0.05, 0.1) is 10.0 Å². The average Bonchev–Trinajstić information content (AvgIpc) is 2.79. The average molecular weight is 306 g/mol. The third-order valence-corrected chi connectivity index (χ3v) is 3.62. The van der Waals surface area contributed by atoms with Crippen molar-refractivity contribution in [3.05, 3.63) is 58.1 Å². The molecule has 0 unspecified atom stereocenters. The van der Waals surface area contributed by atoms with Gasteiger partial charge in [0.2, 0.25) is 0 Å². The molecule has 0 amide bonds. The third-order valence-electron chi connectivity index (χ3n) is 2.88. The summed E-state index contributed by atoms with van der Waals surface area (Å²) in [5, 5.41) is 10.1. The zero-order valence-corrected chi connectivity index (χ0v) is 11.5. The first kappa shape index (κ1) is 12.9. The SMILES string of the molecule is N#Cc1c(-c2ccc(Cl)c(Cl)c2)nc2ccc(F)cn12. The number of rotatable bonds is 1. The van der Waals surface area contributed by atoms with E-state index >= 15 is 0 Å². The molecular formula is C14H6Cl2FN3. The van der Waals surface area contributed by atoms with Gasteiger partial charge in [0.25, 0.3) is 0 Å². The summed E-state index contributed by atoms with van der Waals surface area (Å²) in [6.07, 6.45) is 1.22. The summed E-state index contributed by atoms with van der Waals surface area (Å²) in [5.74, 6) is -0.438. The maximum atomic E-state index is 13.3. The molecule has 3 aromatic rings. The van der Waals surface area contributed by atoms with Crippen LogP contribution in [-0.4, -0.2) is 9.38 Å². The van der Waals surface area contributed by atoms with Gasteiger partial charge in [0, 0.05) is 11.8 Å². The smallest absolute Gasteiger partial charge is 0.152 e. The van der Waals surface area contributed by atoms with E-state index in [2.05, 4.69) is 4.98 Å². The lowest BCUT2D eigenvalue weighted by atomic mass is 10.1. The first-order chi connectivity index (χ1) is 9.60. The van der Waals surface area contributed by atoms with Crippen LogP contribution < -0.4 is 0 Å². The lowest BCUT2D eigenvalue weighted by Gasteiger charge is -2.00. The molecule has 0 aliphatic heterocycles. The summed E-state index contributed by atoms with van der Waals surface area (Å²) in [6, 6.07) is 9.81. The Labute approximate surface area is 123 Å². The van der Waals surface area contributed by atoms with Crippen molar-refractivity contribution in [2.24, 2.45) is 0 Å². The van der Waals surface area contributed by atoms with E-state index in [1.165, 1.54) is 22.7 Å². The maximum Gasteiger partial charge on any atom is 0.152 e. The Morgan fingerprint density at radius 1 is 1.15 bits per heavy atom. The molecule has 0 spiro atoms. The Hall–Kier alpha value is -2.09. The Bertz CT molecular complexity index is 865. The number of benzene rings is 1. The summed E-state index contributed by atoms with van der Waals surface area (Å²) in [5.41, 5.74) is 1.83. The Morgan fingerprint density at radius 2 is 1.95 bits per heavy atom. The number of aromatic nitrogens is 2. The van der Waals surface area contributed by atoms with E-state index in [4.69, 9.17) is 23.2 Å². The zero-order valence-electron chi connectivity index (χ0n) is 9.94. The predicted molar refractivity (Wildman–Crippen MR) is 75.3 cm³/mol. The number of nitriles is 1. The van der Waals surface area contributed by atoms with Gasteiger partial charge in [-0.25, -0.2) is 9.37 Å². The fourth-order valence-corrected chi connectivity index (χ4v) is 2.27. The highest BCUT2D eigenvalue weighted by atomic mass is 35.5. The van der Waals surface area contributed by atoms with E-state index in [1.54, 1.807) is 18.2 Å². The third kappa shape index (κ3) is 2.01. The second kappa shape index (κ2) is 4.78. The van der Waals surface area contributed by atoms with E-state index in [9.17, 15) is 9.65 Å². The predicted octanol–water partition coefficient (Wildman–Crippen LogP) is 4.32. The topological polar surface area (TPSA) is 41.1 Å². The molecule has 0 saturated carbocycles. The molecule has 3 nitrogen and oxygen atoms in total. The van der Waals surface area contributed by atoms with Crippen LogP contribution in [0.15, 0.2) is 36.5 Å². The highest BCUT2D eigenvalue weighted by molar-refractivity contribution is 6.42. The number of hydrogen-bond acceptors (Lipinski definition) is 2. The van der Waals surface area contributed by atoms with Crippen LogP contribution in [0.2, 0.25) is 10.0 Å². The molecule has 0 aliphatic rings. The Kier molecular flexibility index (Phi) is 3.09. The molecule has 0 bridgehead atoms. The molecule has 20 heavy (non-hydrogen) atoms. The van der Waals surface area contributed by atoms with E-state index in [0.717, 1.165) is 0 Å². The molecule has 98 valence electrons. The van der Waals surface area contributed by atoms with Gasteiger partial charge in [-0.3, -0.25) is 4.40 Å². The van der Waals surface area contributed by atoms with Gasteiger partial charge < -0.3 is 0 Å². The second-order valence-corrected chi connectivity index (χ2v) is 4.94. The van der Waals surface area contributed by atoms with Gasteiger partial charge in [-0.2, -0.15) is 5.26 Å². The molecule has 0 atom stereocenters. The van der Waals surface area contributed by atoms with Crippen molar-refractivity contribution in [1.82, 2.24) is 9.38 Å². The molecule has 0 fully saturated rings. The molecule has 2 heterocycles. The maximum absolute atomic E-state index is 13.3. The van der Waals surface area contributed by atoms with Crippen LogP contribution in [0.25, 0.3) is 16.9 Å². The van der Waals surface area contributed by atoms with Crippen molar-refractivity contribution < 1.29 is 4.39 Å². The number of pyridine rings is 1. The monoisotopic (exact) mass is 305 g/mol. The van der Waals surface area contributed by atoms with Crippen molar-refractivity contribution >= 4 is 28.8 Å². The molecule has 3 rings (SSSR count). The van der Waals surface area contributed by atoms with E-state index in [1.807, 2.05) is 6.07 Å². The van der Waals surface area contributed by atoms with Gasteiger partial charge in [-0.05, 0) is 24.3 Å². The molecule has 0 N–H and O–H groups in total. The number of fused-ring (bicyclic) bond motifs is 1. The Morgan fingerprint density at radius 3 is 2.65 bits per heavy atom. The van der Waals surface area contributed by atoms with Gasteiger partial charge in [0.1, 0.15) is 23.2 Å². The summed E-state index contributed by atoms with van der Waals surface area (Å²) >= 11 is 11.8. The minimum Gasteiger partial charge on any atom is -0.288 e. The number of hydrogen-bond donors (Lipinski definition) is 0. The van der Waals surface area contributed by atoms with Gasteiger partial charge in [0.15, 0.2) is 5.69 Å². The second-order valence-electron chi connectivity index (χ2n) is 4.13. The fraction of sp³-hybridized carbons (Fsp3) is 0. The largest absolute Gasteiger partial charge is 0.288 e. The summed E-state index contributed by atoms with van der Waals surface area (Å²) < 4.78 is 14.7. The highest BCUT2D eigenvalue weighted by Gasteiger charge is 2.15. The fourth-order valence-electron chi connectivity index (χ4n) is 1.97. The molecule has 0 radical (unpaired) electrons. The van der Waals surface area contributed by atoms with Crippen LogP contribution in [0.4, 0.5) is 4.39 Å². The molecule has 0 aliphatic carbocycles. The lowest BCUT2D eigenvalue weighted by molar-refractivity contribution is 0.619. The van der Waals surface area contributed by atoms with Crippen molar-refractivity contribution in [3.63, 3.8) is 0 Å².